The summed E-state index contributed by atoms with van der Waals surface area (Å²) in [4.78, 5) is 0. The van der Waals surface area contributed by atoms with E-state index in [1.165, 1.54) is 7.05 Å². The van der Waals surface area contributed by atoms with Crippen LogP contribution in [0.1, 0.15) is 11.4 Å². The second-order valence-corrected chi connectivity index (χ2v) is 9.29. The van der Waals surface area contributed by atoms with Crippen LogP contribution in [0.2, 0.25) is 19.6 Å². The van der Waals surface area contributed by atoms with E-state index in [4.69, 9.17) is 0 Å². The Bertz CT molecular complexity index is 443. The Morgan fingerprint density at radius 3 is 2.25 bits per heavy atom. The first-order valence-electron chi connectivity index (χ1n) is 4.74. The third kappa shape index (κ3) is 3.42. The lowest BCUT2D eigenvalue weighted by Crippen LogP contribution is -2.16. The third-order valence-electron chi connectivity index (χ3n) is 1.74. The van der Waals surface area contributed by atoms with Gasteiger partial charge in [0, 0.05) is 13.1 Å². The molecule has 0 aliphatic carbocycles. The van der Waals surface area contributed by atoms with Gasteiger partial charge in [-0.05, 0) is 0 Å². The van der Waals surface area contributed by atoms with Gasteiger partial charge in [0.05, 0.1) is 0 Å². The van der Waals surface area contributed by atoms with Crippen molar-refractivity contribution in [3.63, 3.8) is 0 Å². The van der Waals surface area contributed by atoms with Crippen molar-refractivity contribution in [3.05, 3.63) is 17.5 Å². The number of halogens is 3. The van der Waals surface area contributed by atoms with Gasteiger partial charge in [0.25, 0.3) is 0 Å². The van der Waals surface area contributed by atoms with Crippen molar-refractivity contribution in [1.29, 1.82) is 0 Å². The van der Waals surface area contributed by atoms with E-state index in [2.05, 4.69) is 16.6 Å². The minimum atomic E-state index is -4.41. The Morgan fingerprint density at radius 2 is 1.88 bits per heavy atom. The van der Waals surface area contributed by atoms with Crippen LogP contribution in [0.5, 0.6) is 0 Å². The molecule has 0 amide bonds. The van der Waals surface area contributed by atoms with Gasteiger partial charge in [-0.25, -0.2) is 0 Å². The fourth-order valence-corrected chi connectivity index (χ4v) is 1.48. The summed E-state index contributed by atoms with van der Waals surface area (Å²) in [6.07, 6.45) is -4.41. The first-order chi connectivity index (χ1) is 7.09. The van der Waals surface area contributed by atoms with E-state index < -0.39 is 19.9 Å². The lowest BCUT2D eigenvalue weighted by Gasteiger charge is -2.02. The van der Waals surface area contributed by atoms with E-state index in [0.29, 0.717) is 5.69 Å². The molecule has 0 N–H and O–H groups in total. The number of aryl methyl sites for hydroxylation is 1. The van der Waals surface area contributed by atoms with Crippen LogP contribution in [0.4, 0.5) is 13.2 Å². The summed E-state index contributed by atoms with van der Waals surface area (Å²) in [6.45, 7) is 6.09. The Morgan fingerprint density at radius 1 is 1.31 bits per heavy atom. The van der Waals surface area contributed by atoms with Gasteiger partial charge in [-0.3, -0.25) is 4.68 Å². The van der Waals surface area contributed by atoms with Gasteiger partial charge in [0.15, 0.2) is 5.69 Å². The summed E-state index contributed by atoms with van der Waals surface area (Å²) in [7, 11) is -0.121. The monoisotopic (exact) mass is 246 g/mol. The highest BCUT2D eigenvalue weighted by atomic mass is 28.3. The topological polar surface area (TPSA) is 17.8 Å². The van der Waals surface area contributed by atoms with Gasteiger partial charge >= 0.3 is 6.18 Å². The number of hydrogen-bond donors (Lipinski definition) is 0. The number of aromatic nitrogens is 2. The highest BCUT2D eigenvalue weighted by molar-refractivity contribution is 6.83. The van der Waals surface area contributed by atoms with Crippen LogP contribution in [-0.2, 0) is 13.2 Å². The van der Waals surface area contributed by atoms with Gasteiger partial charge < -0.3 is 0 Å². The van der Waals surface area contributed by atoms with Crippen molar-refractivity contribution in [3.8, 4) is 11.5 Å². The van der Waals surface area contributed by atoms with Gasteiger partial charge in [0.2, 0.25) is 0 Å². The molecule has 0 aromatic carbocycles. The number of alkyl halides is 3. The zero-order valence-electron chi connectivity index (χ0n) is 9.61. The summed E-state index contributed by atoms with van der Waals surface area (Å²) < 4.78 is 38.2. The normalized spacial score (nSPS) is 12.2. The highest BCUT2D eigenvalue weighted by Crippen LogP contribution is 2.28. The van der Waals surface area contributed by atoms with E-state index in [0.717, 1.165) is 10.7 Å². The molecule has 0 unspecified atom stereocenters. The molecule has 1 heterocycles. The highest BCUT2D eigenvalue weighted by Gasteiger charge is 2.34. The number of hydrogen-bond acceptors (Lipinski definition) is 1. The Balaban J connectivity index is 3.08. The van der Waals surface area contributed by atoms with Crippen LogP contribution in [0.15, 0.2) is 6.07 Å². The predicted octanol–water partition coefficient (Wildman–Crippen LogP) is 2.67. The summed E-state index contributed by atoms with van der Waals surface area (Å²) >= 11 is 0. The van der Waals surface area contributed by atoms with Crippen molar-refractivity contribution in [2.24, 2.45) is 7.05 Å². The molecule has 6 heteroatoms. The molecule has 0 fully saturated rings. The van der Waals surface area contributed by atoms with E-state index in [9.17, 15) is 13.2 Å². The lowest BCUT2D eigenvalue weighted by molar-refractivity contribution is -0.141. The van der Waals surface area contributed by atoms with Crippen LogP contribution in [0.25, 0.3) is 0 Å². The fraction of sp³-hybridized carbons (Fsp3) is 0.500. The molecule has 88 valence electrons. The molecule has 1 aromatic rings. The first-order valence-corrected chi connectivity index (χ1v) is 8.24. The zero-order valence-corrected chi connectivity index (χ0v) is 10.6. The van der Waals surface area contributed by atoms with Crippen molar-refractivity contribution in [2.75, 3.05) is 0 Å². The standard InChI is InChI=1S/C10H13F3N2Si/c1-15-8(5-6-16(2,3)4)7-9(14-15)10(11,12)13/h7H,1-4H3. The maximum Gasteiger partial charge on any atom is 0.435 e. The summed E-state index contributed by atoms with van der Waals surface area (Å²) in [6, 6.07) is 0.979. The molecule has 2 nitrogen and oxygen atoms in total. The van der Waals surface area contributed by atoms with E-state index in [1.54, 1.807) is 0 Å². The van der Waals surface area contributed by atoms with Crippen molar-refractivity contribution in [1.82, 2.24) is 9.78 Å². The molecule has 0 radical (unpaired) electrons. The van der Waals surface area contributed by atoms with Crippen molar-refractivity contribution < 1.29 is 13.2 Å². The maximum atomic E-state index is 12.3. The Hall–Kier alpha value is -1.22. The number of nitrogens with zero attached hydrogens (tertiary/aromatic N) is 2. The number of rotatable bonds is 0. The van der Waals surface area contributed by atoms with Crippen LogP contribution in [-0.4, -0.2) is 17.9 Å². The molecule has 1 aromatic heterocycles. The van der Waals surface area contributed by atoms with Gasteiger partial charge in [0.1, 0.15) is 13.8 Å². The smallest absolute Gasteiger partial charge is 0.260 e. The van der Waals surface area contributed by atoms with Gasteiger partial charge in [-0.15, -0.1) is 5.54 Å². The van der Waals surface area contributed by atoms with Crippen LogP contribution in [0.3, 0.4) is 0 Å². The van der Waals surface area contributed by atoms with Crippen LogP contribution in [0, 0.1) is 11.5 Å². The van der Waals surface area contributed by atoms with Gasteiger partial charge in [-0.1, -0.05) is 25.6 Å². The van der Waals surface area contributed by atoms with Crippen LogP contribution < -0.4 is 0 Å². The SMILES string of the molecule is Cn1nc(C(F)(F)F)cc1C#C[Si](C)(C)C. The molecule has 0 bridgehead atoms. The molecule has 1 rings (SSSR count). The molecule has 0 aliphatic heterocycles. The predicted molar refractivity (Wildman–Crippen MR) is 58.4 cm³/mol. The second kappa shape index (κ2) is 3.98. The molecule has 0 saturated carbocycles. The summed E-state index contributed by atoms with van der Waals surface area (Å²) in [5, 5.41) is 3.39. The molecule has 0 aliphatic rings. The maximum absolute atomic E-state index is 12.3. The molecule has 0 atom stereocenters. The van der Waals surface area contributed by atoms with Crippen LogP contribution >= 0.6 is 0 Å². The average molecular weight is 246 g/mol. The quantitative estimate of drug-likeness (QED) is 0.508. The summed E-state index contributed by atoms with van der Waals surface area (Å²) in [5.74, 6) is 2.76. The third-order valence-corrected chi connectivity index (χ3v) is 2.61. The fourth-order valence-electron chi connectivity index (χ4n) is 0.974. The van der Waals surface area contributed by atoms with E-state index in [1.807, 2.05) is 19.6 Å². The van der Waals surface area contributed by atoms with Gasteiger partial charge in [-0.2, -0.15) is 18.3 Å². The molecule has 0 spiro atoms. The lowest BCUT2D eigenvalue weighted by atomic mass is 10.3. The minimum Gasteiger partial charge on any atom is -0.260 e. The van der Waals surface area contributed by atoms with E-state index in [-0.39, 0.29) is 0 Å². The Kier molecular flexibility index (Phi) is 3.19. The second-order valence-electron chi connectivity index (χ2n) is 4.54. The van der Waals surface area contributed by atoms with Crippen molar-refractivity contribution in [2.45, 2.75) is 25.8 Å². The van der Waals surface area contributed by atoms with E-state index >= 15 is 0 Å². The Labute approximate surface area is 93.5 Å². The molecular formula is C10H13F3N2Si. The first kappa shape index (κ1) is 12.8. The minimum absolute atomic E-state index is 0.301. The average Bonchev–Trinajstić information content (AvgIpc) is 2.41. The zero-order chi connectivity index (χ0) is 12.6. The van der Waals surface area contributed by atoms with Crippen molar-refractivity contribution >= 4 is 8.07 Å². The summed E-state index contributed by atoms with van der Waals surface area (Å²) in [5.41, 5.74) is 2.41. The largest absolute Gasteiger partial charge is 0.435 e. The molecule has 16 heavy (non-hydrogen) atoms. The molecular weight excluding hydrogens is 233 g/mol. The molecule has 0 saturated heterocycles.